The molecule has 0 aliphatic carbocycles. The first kappa shape index (κ1) is 27.1. The van der Waals surface area contributed by atoms with Crippen LogP contribution in [0.3, 0.4) is 0 Å². The van der Waals surface area contributed by atoms with Crippen LogP contribution in [0.2, 0.25) is 5.02 Å². The summed E-state index contributed by atoms with van der Waals surface area (Å²) in [6.07, 6.45) is -10.6. The van der Waals surface area contributed by atoms with Crippen LogP contribution in [0.5, 0.6) is 0 Å². The van der Waals surface area contributed by atoms with Crippen LogP contribution in [-0.4, -0.2) is 18.7 Å². The predicted molar refractivity (Wildman–Crippen MR) is 110 cm³/mol. The molecule has 2 rings (SSSR count). The number of amides is 1. The Morgan fingerprint density at radius 1 is 1.12 bits per heavy atom. The molecule has 0 radical (unpaired) electrons. The number of likely N-dealkylation sites (N-methyl/N-ethyl adjacent to an activating group) is 1. The van der Waals surface area contributed by atoms with Crippen LogP contribution in [-0.2, 0) is 23.6 Å². The maximum Gasteiger partial charge on any atom is 0.416 e. The number of allylic oxidation sites excluding steroid dienone is 1. The van der Waals surface area contributed by atoms with Crippen molar-refractivity contribution < 1.29 is 39.9 Å². The quantitative estimate of drug-likeness (QED) is 0.274. The van der Waals surface area contributed by atoms with Gasteiger partial charge in [-0.15, -0.1) is 0 Å². The van der Waals surface area contributed by atoms with Gasteiger partial charge in [-0.25, -0.2) is 8.78 Å². The van der Waals surface area contributed by atoms with E-state index < -0.39 is 74.9 Å². The van der Waals surface area contributed by atoms with E-state index in [4.69, 9.17) is 22.7 Å². The maximum atomic E-state index is 14.4. The number of hydrogen-bond acceptors (Lipinski definition) is 3. The predicted octanol–water partition coefficient (Wildman–Crippen LogP) is 6.20. The fourth-order valence-electron chi connectivity index (χ4n) is 3.20. The minimum absolute atomic E-state index is 0.157. The molecule has 13 heteroatoms. The molecule has 0 saturated carbocycles. The van der Waals surface area contributed by atoms with Gasteiger partial charge in [-0.3, -0.25) is 4.79 Å². The summed E-state index contributed by atoms with van der Waals surface area (Å²) < 4.78 is 109. The molecular weight excluding hydrogens is 498 g/mol. The average molecular weight is 514 g/mol. The van der Waals surface area contributed by atoms with Gasteiger partial charge in [0.15, 0.2) is 5.82 Å². The van der Waals surface area contributed by atoms with Crippen molar-refractivity contribution in [2.24, 2.45) is 5.73 Å². The first-order valence-electron chi connectivity index (χ1n) is 9.35. The number of nitrogens with one attached hydrogen (secondary N) is 1. The molecule has 0 saturated heterocycles. The van der Waals surface area contributed by atoms with Crippen molar-refractivity contribution in [3.05, 3.63) is 69.4 Å². The number of carbonyl (C=O) groups is 1. The Kier molecular flexibility index (Phi) is 7.97. The zero-order chi connectivity index (χ0) is 26.0. The van der Waals surface area contributed by atoms with Crippen molar-refractivity contribution in [1.82, 2.24) is 0 Å². The van der Waals surface area contributed by atoms with Gasteiger partial charge >= 0.3 is 12.4 Å². The molecule has 4 nitrogen and oxygen atoms in total. The van der Waals surface area contributed by atoms with Gasteiger partial charge in [0.1, 0.15) is 10.8 Å². The first-order valence-corrected chi connectivity index (χ1v) is 9.73. The van der Waals surface area contributed by atoms with E-state index in [-0.39, 0.29) is 12.6 Å². The largest absolute Gasteiger partial charge is 0.416 e. The highest BCUT2D eigenvalue weighted by Crippen LogP contribution is 2.41. The van der Waals surface area contributed by atoms with Crippen LogP contribution in [0, 0.1) is 17.0 Å². The molecule has 0 atom stereocenters. The molecule has 0 fully saturated rings. The molecule has 2 aromatic rings. The van der Waals surface area contributed by atoms with E-state index in [2.05, 4.69) is 0 Å². The lowest BCUT2D eigenvalue weighted by Gasteiger charge is -2.25. The number of hydrogen-bond donors (Lipinski definition) is 2. The molecule has 0 aliphatic rings. The Morgan fingerprint density at radius 2 is 1.74 bits per heavy atom. The molecule has 184 valence electrons. The fourth-order valence-corrected chi connectivity index (χ4v) is 3.36. The SMILES string of the molecule is CCN(C(=O)Cc1c(/C(C=N)=C/N)cc(C(F)(F)F)cc1C(F)(F)F)c1ccc(F)c(Cl)c1F. The summed E-state index contributed by atoms with van der Waals surface area (Å²) in [6, 6.07) is 1.77. The third kappa shape index (κ3) is 5.49. The minimum atomic E-state index is -5.32. The number of halogens is 9. The van der Waals surface area contributed by atoms with Gasteiger partial charge in [0.2, 0.25) is 5.91 Å². The molecule has 34 heavy (non-hydrogen) atoms. The number of anilines is 1. The second kappa shape index (κ2) is 10.00. The van der Waals surface area contributed by atoms with Crippen molar-refractivity contribution in [3.8, 4) is 0 Å². The second-order valence-electron chi connectivity index (χ2n) is 6.82. The lowest BCUT2D eigenvalue weighted by molar-refractivity contribution is -0.143. The summed E-state index contributed by atoms with van der Waals surface area (Å²) >= 11 is 5.51. The van der Waals surface area contributed by atoms with Crippen molar-refractivity contribution in [2.45, 2.75) is 25.7 Å². The minimum Gasteiger partial charge on any atom is -0.404 e. The Hall–Kier alpha value is -3.15. The normalized spacial score (nSPS) is 12.6. The summed E-state index contributed by atoms with van der Waals surface area (Å²) in [4.78, 5) is 13.6. The van der Waals surface area contributed by atoms with E-state index in [1.54, 1.807) is 0 Å². The fraction of sp³-hybridized carbons (Fsp3) is 0.238. The van der Waals surface area contributed by atoms with Gasteiger partial charge in [0.05, 0.1) is 23.2 Å². The summed E-state index contributed by atoms with van der Waals surface area (Å²) in [6.45, 7) is 1.05. The Bertz CT molecular complexity index is 1140. The highest BCUT2D eigenvalue weighted by atomic mass is 35.5. The monoisotopic (exact) mass is 513 g/mol. The highest BCUT2D eigenvalue weighted by molar-refractivity contribution is 6.31. The first-order chi connectivity index (χ1) is 15.7. The molecular formula is C21H16ClF8N3O. The maximum absolute atomic E-state index is 14.4. The van der Waals surface area contributed by atoms with E-state index in [1.165, 1.54) is 6.92 Å². The van der Waals surface area contributed by atoms with Crippen molar-refractivity contribution >= 4 is 35.0 Å². The van der Waals surface area contributed by atoms with E-state index in [0.717, 1.165) is 12.1 Å². The summed E-state index contributed by atoms with van der Waals surface area (Å²) in [5.74, 6) is -3.64. The number of nitrogens with zero attached hydrogens (tertiary/aromatic N) is 1. The number of alkyl halides is 6. The summed E-state index contributed by atoms with van der Waals surface area (Å²) in [5.41, 5.74) is -0.866. The van der Waals surface area contributed by atoms with E-state index in [0.29, 0.717) is 23.4 Å². The van der Waals surface area contributed by atoms with Crippen LogP contribution in [0.15, 0.2) is 30.5 Å². The molecule has 0 unspecified atom stereocenters. The van der Waals surface area contributed by atoms with Gasteiger partial charge in [-0.1, -0.05) is 11.6 Å². The number of rotatable bonds is 6. The third-order valence-electron chi connectivity index (χ3n) is 4.78. The van der Waals surface area contributed by atoms with E-state index >= 15 is 0 Å². The van der Waals surface area contributed by atoms with E-state index in [9.17, 15) is 39.9 Å². The van der Waals surface area contributed by atoms with Crippen LogP contribution in [0.1, 0.15) is 29.2 Å². The van der Waals surface area contributed by atoms with Crippen LogP contribution < -0.4 is 10.6 Å². The standard InChI is InChI=1S/C21H16ClF8N3O/c1-2-33(16-4-3-15(23)18(22)19(16)24)17(34)7-13-12(10(8-31)9-32)5-11(20(25,26)27)6-14(13)21(28,29)30/h3-6,8-9,31H,2,7,32H2,1H3/b10-9+,31-8?. The zero-order valence-corrected chi connectivity index (χ0v) is 18.0. The molecule has 3 N–H and O–H groups in total. The molecule has 0 aromatic heterocycles. The van der Waals surface area contributed by atoms with Crippen LogP contribution >= 0.6 is 11.6 Å². The van der Waals surface area contributed by atoms with Crippen molar-refractivity contribution in [1.29, 1.82) is 5.41 Å². The van der Waals surface area contributed by atoms with E-state index in [1.807, 2.05) is 0 Å². The lowest BCUT2D eigenvalue weighted by atomic mass is 9.90. The molecule has 0 aliphatic heterocycles. The molecule has 0 heterocycles. The molecule has 0 spiro atoms. The topological polar surface area (TPSA) is 70.2 Å². The van der Waals surface area contributed by atoms with Crippen molar-refractivity contribution in [2.75, 3.05) is 11.4 Å². The third-order valence-corrected chi connectivity index (χ3v) is 5.13. The molecule has 0 bridgehead atoms. The van der Waals surface area contributed by atoms with Gasteiger partial charge in [0.25, 0.3) is 0 Å². The van der Waals surface area contributed by atoms with Gasteiger partial charge in [0, 0.05) is 24.5 Å². The lowest BCUT2D eigenvalue weighted by Crippen LogP contribution is -2.34. The number of carbonyl (C=O) groups excluding carboxylic acids is 1. The van der Waals surface area contributed by atoms with Crippen LogP contribution in [0.4, 0.5) is 40.8 Å². The van der Waals surface area contributed by atoms with Gasteiger partial charge < -0.3 is 16.0 Å². The second-order valence-corrected chi connectivity index (χ2v) is 7.20. The molecule has 2 aromatic carbocycles. The van der Waals surface area contributed by atoms with Crippen molar-refractivity contribution in [3.63, 3.8) is 0 Å². The highest BCUT2D eigenvalue weighted by Gasteiger charge is 2.40. The smallest absolute Gasteiger partial charge is 0.404 e. The zero-order valence-electron chi connectivity index (χ0n) is 17.2. The Morgan fingerprint density at radius 3 is 2.21 bits per heavy atom. The summed E-state index contributed by atoms with van der Waals surface area (Å²) in [5, 5.41) is 6.37. The van der Waals surface area contributed by atoms with Gasteiger partial charge in [-0.05, 0) is 42.3 Å². The van der Waals surface area contributed by atoms with Crippen LogP contribution in [0.25, 0.3) is 5.57 Å². The number of nitrogens with two attached hydrogens (primary N) is 1. The Labute approximate surface area is 193 Å². The summed E-state index contributed by atoms with van der Waals surface area (Å²) in [7, 11) is 0. The Balaban J connectivity index is 2.75. The van der Waals surface area contributed by atoms with Gasteiger partial charge in [-0.2, -0.15) is 26.3 Å². The number of benzene rings is 2. The average Bonchev–Trinajstić information content (AvgIpc) is 2.74. The molecule has 1 amide bonds.